The van der Waals surface area contributed by atoms with Crippen LogP contribution in [0.25, 0.3) is 21.3 Å². The van der Waals surface area contributed by atoms with Crippen LogP contribution in [-0.2, 0) is 16.1 Å². The van der Waals surface area contributed by atoms with Gasteiger partial charge in [-0.1, -0.05) is 30.3 Å². The predicted molar refractivity (Wildman–Crippen MR) is 108 cm³/mol. The van der Waals surface area contributed by atoms with Crippen molar-refractivity contribution in [1.82, 2.24) is 14.9 Å². The Hall–Kier alpha value is -2.51. The van der Waals surface area contributed by atoms with Gasteiger partial charge >= 0.3 is 0 Å². The predicted octanol–water partition coefficient (Wildman–Crippen LogP) is 3.17. The van der Waals surface area contributed by atoms with Crippen molar-refractivity contribution >= 4 is 33.3 Å². The lowest BCUT2D eigenvalue weighted by atomic mass is 10.1. The summed E-state index contributed by atoms with van der Waals surface area (Å²) in [7, 11) is 1.66. The van der Waals surface area contributed by atoms with E-state index in [-0.39, 0.29) is 5.91 Å². The Morgan fingerprint density at radius 1 is 1.15 bits per heavy atom. The number of carbonyl (C=O) groups excluding carboxylic acids is 1. The first-order valence-electron chi connectivity index (χ1n) is 9.00. The second-order valence-electron chi connectivity index (χ2n) is 6.59. The molecule has 3 aromatic rings. The normalized spacial score (nSPS) is 14.7. The number of aromatic nitrogens is 2. The highest BCUT2D eigenvalue weighted by atomic mass is 32.1. The van der Waals surface area contributed by atoms with Crippen molar-refractivity contribution in [2.75, 3.05) is 38.2 Å². The maximum atomic E-state index is 11.7. The lowest BCUT2D eigenvalue weighted by Gasteiger charge is -2.35. The molecule has 0 N–H and O–H groups in total. The fraction of sp³-hybridized carbons (Fsp3) is 0.350. The highest BCUT2D eigenvalue weighted by Crippen LogP contribution is 2.38. The molecule has 0 atom stereocenters. The number of amides is 1. The third-order valence-electron chi connectivity index (χ3n) is 4.84. The Labute approximate surface area is 162 Å². The molecule has 0 aliphatic carbocycles. The number of rotatable bonds is 4. The average Bonchev–Trinajstić information content (AvgIpc) is 3.12. The first-order chi connectivity index (χ1) is 13.2. The molecule has 1 aliphatic heterocycles. The highest BCUT2D eigenvalue weighted by Gasteiger charge is 2.24. The molecule has 1 aliphatic rings. The van der Waals surface area contributed by atoms with E-state index in [2.05, 4.69) is 22.4 Å². The number of hydrogen-bond acceptors (Lipinski definition) is 6. The maximum absolute atomic E-state index is 11.7. The molecule has 1 aromatic carbocycles. The van der Waals surface area contributed by atoms with Crippen LogP contribution in [0.5, 0.6) is 0 Å². The van der Waals surface area contributed by atoms with Crippen LogP contribution in [0.1, 0.15) is 12.7 Å². The molecule has 7 heteroatoms. The van der Waals surface area contributed by atoms with Crippen LogP contribution in [0.3, 0.4) is 0 Å². The van der Waals surface area contributed by atoms with Gasteiger partial charge in [0.1, 0.15) is 17.3 Å². The Morgan fingerprint density at radius 3 is 2.56 bits per heavy atom. The highest BCUT2D eigenvalue weighted by molar-refractivity contribution is 7.17. The first kappa shape index (κ1) is 17.9. The van der Waals surface area contributed by atoms with Gasteiger partial charge in [0, 0.05) is 51.2 Å². The van der Waals surface area contributed by atoms with Gasteiger partial charge in [-0.2, -0.15) is 0 Å². The van der Waals surface area contributed by atoms with E-state index < -0.39 is 0 Å². The van der Waals surface area contributed by atoms with E-state index >= 15 is 0 Å². The molecule has 0 radical (unpaired) electrons. The summed E-state index contributed by atoms with van der Waals surface area (Å²) in [5.74, 6) is 1.76. The number of thiophene rings is 1. The number of methoxy groups -OCH3 is 1. The van der Waals surface area contributed by atoms with Crippen LogP contribution in [0, 0.1) is 0 Å². The zero-order chi connectivity index (χ0) is 18.8. The van der Waals surface area contributed by atoms with Crippen LogP contribution >= 0.6 is 11.3 Å². The summed E-state index contributed by atoms with van der Waals surface area (Å²) in [5.41, 5.74) is 2.32. The van der Waals surface area contributed by atoms with Crippen molar-refractivity contribution in [3.05, 3.63) is 41.5 Å². The molecule has 27 heavy (non-hydrogen) atoms. The summed E-state index contributed by atoms with van der Waals surface area (Å²) in [6.45, 7) is 4.97. The van der Waals surface area contributed by atoms with Gasteiger partial charge in [0.15, 0.2) is 5.82 Å². The van der Waals surface area contributed by atoms with Gasteiger partial charge in [0.25, 0.3) is 0 Å². The summed E-state index contributed by atoms with van der Waals surface area (Å²) in [6, 6.07) is 10.3. The number of hydrogen-bond donors (Lipinski definition) is 0. The van der Waals surface area contributed by atoms with E-state index in [0.29, 0.717) is 25.5 Å². The molecule has 0 bridgehead atoms. The topological polar surface area (TPSA) is 58.6 Å². The van der Waals surface area contributed by atoms with Crippen molar-refractivity contribution in [1.29, 1.82) is 0 Å². The van der Waals surface area contributed by atoms with Gasteiger partial charge < -0.3 is 14.5 Å². The molecule has 6 nitrogen and oxygen atoms in total. The maximum Gasteiger partial charge on any atom is 0.219 e. The van der Waals surface area contributed by atoms with E-state index in [1.165, 1.54) is 0 Å². The van der Waals surface area contributed by atoms with Gasteiger partial charge in [-0.3, -0.25) is 4.79 Å². The number of nitrogens with zero attached hydrogens (tertiary/aromatic N) is 4. The summed E-state index contributed by atoms with van der Waals surface area (Å²) in [6.07, 6.45) is 0. The second-order valence-corrected chi connectivity index (χ2v) is 7.44. The zero-order valence-electron chi connectivity index (χ0n) is 15.5. The van der Waals surface area contributed by atoms with Crippen LogP contribution in [0.4, 0.5) is 5.82 Å². The average molecular weight is 382 g/mol. The lowest BCUT2D eigenvalue weighted by molar-refractivity contribution is -0.129. The van der Waals surface area contributed by atoms with Crippen molar-refractivity contribution in [3.8, 4) is 11.1 Å². The Kier molecular flexibility index (Phi) is 5.05. The number of ether oxygens (including phenoxy) is 1. The molecule has 0 spiro atoms. The third kappa shape index (κ3) is 3.52. The molecule has 0 saturated carbocycles. The fourth-order valence-electron chi connectivity index (χ4n) is 3.45. The first-order valence-corrected chi connectivity index (χ1v) is 9.88. The van der Waals surface area contributed by atoms with Crippen LogP contribution in [-0.4, -0.2) is 54.1 Å². The molecule has 0 unspecified atom stereocenters. The summed E-state index contributed by atoms with van der Waals surface area (Å²) in [5, 5.41) is 3.24. The minimum atomic E-state index is 0.128. The monoisotopic (exact) mass is 382 g/mol. The zero-order valence-corrected chi connectivity index (χ0v) is 16.3. The quantitative estimate of drug-likeness (QED) is 0.694. The van der Waals surface area contributed by atoms with Gasteiger partial charge in [-0.15, -0.1) is 11.3 Å². The smallest absolute Gasteiger partial charge is 0.219 e. The van der Waals surface area contributed by atoms with Gasteiger partial charge in [-0.25, -0.2) is 9.97 Å². The largest absolute Gasteiger partial charge is 0.377 e. The summed E-state index contributed by atoms with van der Waals surface area (Å²) < 4.78 is 5.27. The van der Waals surface area contributed by atoms with Gasteiger partial charge in [0.2, 0.25) is 5.91 Å². The molecular formula is C20H22N4O2S. The van der Waals surface area contributed by atoms with Gasteiger partial charge in [0.05, 0.1) is 5.39 Å². The molecule has 140 valence electrons. The van der Waals surface area contributed by atoms with Crippen molar-refractivity contribution in [2.24, 2.45) is 0 Å². The molecule has 1 saturated heterocycles. The van der Waals surface area contributed by atoms with E-state index in [1.807, 2.05) is 23.1 Å². The van der Waals surface area contributed by atoms with Crippen molar-refractivity contribution in [3.63, 3.8) is 0 Å². The Morgan fingerprint density at radius 2 is 1.89 bits per heavy atom. The standard InChI is InChI=1S/C20H22N4O2S/c1-14(25)23-8-10-24(11-9-23)19-18-16(15-6-4-3-5-7-15)13-27-20(18)22-17(21-19)12-26-2/h3-7,13H,8-12H2,1-2H3. The molecule has 1 fully saturated rings. The number of piperazine rings is 1. The summed E-state index contributed by atoms with van der Waals surface area (Å²) in [4.78, 5) is 26.3. The molecule has 2 aromatic heterocycles. The Balaban J connectivity index is 1.79. The second kappa shape index (κ2) is 7.62. The van der Waals surface area contributed by atoms with Crippen LogP contribution in [0.15, 0.2) is 35.7 Å². The van der Waals surface area contributed by atoms with E-state index in [0.717, 1.165) is 40.3 Å². The SMILES string of the molecule is COCc1nc(N2CCN(C(C)=O)CC2)c2c(-c3ccccc3)csc2n1. The third-order valence-corrected chi connectivity index (χ3v) is 5.72. The number of anilines is 1. The fourth-order valence-corrected chi connectivity index (χ4v) is 4.41. The number of carbonyl (C=O) groups is 1. The van der Waals surface area contributed by atoms with Gasteiger partial charge in [-0.05, 0) is 5.56 Å². The Bertz CT molecular complexity index is 949. The van der Waals surface area contributed by atoms with E-state index in [4.69, 9.17) is 14.7 Å². The minimum absolute atomic E-state index is 0.128. The van der Waals surface area contributed by atoms with Crippen molar-refractivity contribution in [2.45, 2.75) is 13.5 Å². The lowest BCUT2D eigenvalue weighted by Crippen LogP contribution is -2.48. The van der Waals surface area contributed by atoms with Crippen molar-refractivity contribution < 1.29 is 9.53 Å². The van der Waals surface area contributed by atoms with Crippen LogP contribution in [0.2, 0.25) is 0 Å². The number of benzene rings is 1. The molecule has 3 heterocycles. The minimum Gasteiger partial charge on any atom is -0.377 e. The number of fused-ring (bicyclic) bond motifs is 1. The molecule has 4 rings (SSSR count). The molecule has 1 amide bonds. The summed E-state index contributed by atoms with van der Waals surface area (Å²) >= 11 is 1.63. The van der Waals surface area contributed by atoms with E-state index in [9.17, 15) is 4.79 Å². The van der Waals surface area contributed by atoms with E-state index in [1.54, 1.807) is 25.4 Å². The van der Waals surface area contributed by atoms with Crippen LogP contribution < -0.4 is 4.90 Å². The molecular weight excluding hydrogens is 360 g/mol.